The predicted octanol–water partition coefficient (Wildman–Crippen LogP) is 3.35. The maximum absolute atomic E-state index is 13.2. The Morgan fingerprint density at radius 2 is 1.61 bits per heavy atom. The number of alkyl halides is 6. The smallest absolute Gasteiger partial charge is 0.316 e. The van der Waals surface area contributed by atoms with Gasteiger partial charge in [0.2, 0.25) is 5.91 Å². The Morgan fingerprint density at radius 3 is 2.07 bits per heavy atom. The summed E-state index contributed by atoms with van der Waals surface area (Å²) in [6.45, 7) is 1.07. The van der Waals surface area contributed by atoms with Crippen LogP contribution in [0.2, 0.25) is 0 Å². The molecule has 0 N–H and O–H groups in total. The molecule has 1 amide bonds. The molecule has 28 heavy (non-hydrogen) atoms. The van der Waals surface area contributed by atoms with Gasteiger partial charge in [-0.3, -0.25) is 4.79 Å². The Kier molecular flexibility index (Phi) is 4.97. The minimum absolute atomic E-state index is 0.0165. The van der Waals surface area contributed by atoms with Crippen LogP contribution in [-0.4, -0.2) is 42.3 Å². The third-order valence-electron chi connectivity index (χ3n) is 4.17. The van der Waals surface area contributed by atoms with Gasteiger partial charge >= 0.3 is 12.4 Å². The number of nitrogens with zero attached hydrogens (tertiary/aromatic N) is 2. The van der Waals surface area contributed by atoms with E-state index in [2.05, 4.69) is 4.99 Å². The van der Waals surface area contributed by atoms with E-state index in [1.165, 1.54) is 0 Å². The zero-order valence-corrected chi connectivity index (χ0v) is 15.6. The number of hydrogen-bond donors (Lipinski definition) is 0. The lowest BCUT2D eigenvalue weighted by Gasteiger charge is -2.26. The molecule has 0 aromatic heterocycles. The highest BCUT2D eigenvalue weighted by molar-refractivity contribution is 8.16. The van der Waals surface area contributed by atoms with Gasteiger partial charge in [0.25, 0.3) is 0 Å². The molecule has 2 atom stereocenters. The number of aliphatic imine (C=N–C) groups is 1. The van der Waals surface area contributed by atoms with E-state index in [0.29, 0.717) is 12.1 Å². The number of sulfone groups is 1. The summed E-state index contributed by atoms with van der Waals surface area (Å²) in [7, 11) is -3.52. The number of thioether (sulfide) groups is 1. The molecular weight excluding hydrogens is 434 g/mol. The Bertz CT molecular complexity index is 923. The van der Waals surface area contributed by atoms with Crippen LogP contribution in [-0.2, 0) is 27.0 Å². The van der Waals surface area contributed by atoms with E-state index >= 15 is 0 Å². The van der Waals surface area contributed by atoms with Crippen molar-refractivity contribution in [3.63, 3.8) is 0 Å². The molecule has 154 valence electrons. The SMILES string of the molecule is CC(=O)N=C1S[C@H]2CS(=O)(=O)C[C@@H]2N1c1cc(C(F)(F)F)cc(C(F)(F)F)c1. The van der Waals surface area contributed by atoms with Gasteiger partial charge in [0, 0.05) is 17.9 Å². The topological polar surface area (TPSA) is 66.8 Å². The Labute approximate surface area is 159 Å². The second kappa shape index (κ2) is 6.65. The van der Waals surface area contributed by atoms with Gasteiger partial charge < -0.3 is 4.90 Å². The van der Waals surface area contributed by atoms with Crippen LogP contribution < -0.4 is 4.90 Å². The van der Waals surface area contributed by atoms with Crippen molar-refractivity contribution in [2.24, 2.45) is 4.99 Å². The molecule has 0 aliphatic carbocycles. The number of benzene rings is 1. The van der Waals surface area contributed by atoms with E-state index in [1.54, 1.807) is 0 Å². The lowest BCUT2D eigenvalue weighted by molar-refractivity contribution is -0.143. The van der Waals surface area contributed by atoms with E-state index in [9.17, 15) is 39.6 Å². The molecule has 13 heteroatoms. The van der Waals surface area contributed by atoms with Crippen molar-refractivity contribution in [1.29, 1.82) is 0 Å². The summed E-state index contributed by atoms with van der Waals surface area (Å²) in [6, 6.07) is 0.0623. The van der Waals surface area contributed by atoms with Crippen LogP contribution in [0.4, 0.5) is 32.0 Å². The molecule has 0 spiro atoms. The molecule has 0 bridgehead atoms. The lowest BCUT2D eigenvalue weighted by atomic mass is 10.1. The molecular formula is C15H12F6N2O3S2. The van der Waals surface area contributed by atoms with E-state index in [-0.39, 0.29) is 17.0 Å². The molecule has 1 aromatic carbocycles. The minimum Gasteiger partial charge on any atom is -0.316 e. The van der Waals surface area contributed by atoms with Crippen LogP contribution in [0.5, 0.6) is 0 Å². The third-order valence-corrected chi connectivity index (χ3v) is 7.38. The number of amides is 1. The number of carbonyl (C=O) groups excluding carboxylic acids is 1. The summed E-state index contributed by atoms with van der Waals surface area (Å²) >= 11 is 0.855. The molecule has 5 nitrogen and oxygen atoms in total. The van der Waals surface area contributed by atoms with Gasteiger partial charge in [-0.15, -0.1) is 0 Å². The van der Waals surface area contributed by atoms with E-state index in [4.69, 9.17) is 0 Å². The number of fused-ring (bicyclic) bond motifs is 1. The largest absolute Gasteiger partial charge is 0.416 e. The van der Waals surface area contributed by atoms with Crippen molar-refractivity contribution in [3.8, 4) is 0 Å². The number of amidine groups is 1. The fourth-order valence-electron chi connectivity index (χ4n) is 3.08. The number of hydrogen-bond acceptors (Lipinski definition) is 4. The Hall–Kier alpha value is -1.76. The Morgan fingerprint density at radius 1 is 1.07 bits per heavy atom. The number of halogens is 6. The first-order valence-electron chi connectivity index (χ1n) is 7.72. The third kappa shape index (κ3) is 4.14. The number of anilines is 1. The monoisotopic (exact) mass is 446 g/mol. The van der Waals surface area contributed by atoms with Gasteiger partial charge in [-0.2, -0.15) is 31.3 Å². The van der Waals surface area contributed by atoms with Crippen molar-refractivity contribution in [1.82, 2.24) is 0 Å². The molecule has 2 heterocycles. The summed E-state index contributed by atoms with van der Waals surface area (Å²) in [5.41, 5.74) is -3.58. The zero-order chi connectivity index (χ0) is 21.1. The highest BCUT2D eigenvalue weighted by atomic mass is 32.2. The fourth-order valence-corrected chi connectivity index (χ4v) is 7.04. The molecule has 3 rings (SSSR count). The molecule has 0 saturated carbocycles. The first-order valence-corrected chi connectivity index (χ1v) is 10.4. The molecule has 2 fully saturated rings. The van der Waals surface area contributed by atoms with E-state index < -0.39 is 62.0 Å². The summed E-state index contributed by atoms with van der Waals surface area (Å²) < 4.78 is 103. The lowest BCUT2D eigenvalue weighted by Crippen LogP contribution is -2.38. The number of carbonyl (C=O) groups is 1. The molecule has 2 aliphatic rings. The standard InChI is InChI=1S/C15H12F6N2O3S2/c1-7(24)22-13-23(11-5-28(25,26)6-12(11)27-13)10-3-8(14(16,17)18)2-9(4-10)15(19,20)21/h2-4,11-12H,5-6H2,1H3/t11-,12-/m0/s1. The van der Waals surface area contributed by atoms with Crippen LogP contribution >= 0.6 is 11.8 Å². The Balaban J connectivity index is 2.19. The van der Waals surface area contributed by atoms with Crippen molar-refractivity contribution < 1.29 is 39.6 Å². The summed E-state index contributed by atoms with van der Waals surface area (Å²) in [4.78, 5) is 16.0. The second-order valence-corrected chi connectivity index (χ2v) is 9.71. The molecule has 0 radical (unpaired) electrons. The molecule has 0 unspecified atom stereocenters. The van der Waals surface area contributed by atoms with Crippen LogP contribution in [0.3, 0.4) is 0 Å². The van der Waals surface area contributed by atoms with E-state index in [1.807, 2.05) is 0 Å². The second-order valence-electron chi connectivity index (χ2n) is 6.35. The molecule has 2 aliphatic heterocycles. The van der Waals surface area contributed by atoms with E-state index in [0.717, 1.165) is 23.6 Å². The maximum Gasteiger partial charge on any atom is 0.416 e. The van der Waals surface area contributed by atoms with Gasteiger partial charge in [0.05, 0.1) is 28.7 Å². The number of rotatable bonds is 1. The molecule has 1 aromatic rings. The maximum atomic E-state index is 13.2. The highest BCUT2D eigenvalue weighted by Gasteiger charge is 2.50. The summed E-state index contributed by atoms with van der Waals surface area (Å²) in [5, 5.41) is -0.767. The van der Waals surface area contributed by atoms with Gasteiger partial charge in [0.1, 0.15) is 0 Å². The average molecular weight is 446 g/mol. The molecule has 2 saturated heterocycles. The first-order chi connectivity index (χ1) is 12.7. The minimum atomic E-state index is -5.05. The van der Waals surface area contributed by atoms with Gasteiger partial charge in [-0.25, -0.2) is 8.42 Å². The van der Waals surface area contributed by atoms with Crippen LogP contribution in [0.25, 0.3) is 0 Å². The zero-order valence-electron chi connectivity index (χ0n) is 14.0. The fraction of sp³-hybridized carbons (Fsp3) is 0.467. The predicted molar refractivity (Wildman–Crippen MR) is 90.9 cm³/mol. The van der Waals surface area contributed by atoms with Crippen molar-refractivity contribution in [2.45, 2.75) is 30.6 Å². The van der Waals surface area contributed by atoms with Gasteiger partial charge in [-0.05, 0) is 18.2 Å². The van der Waals surface area contributed by atoms with Crippen LogP contribution in [0, 0.1) is 0 Å². The van der Waals surface area contributed by atoms with Crippen LogP contribution in [0.1, 0.15) is 18.1 Å². The van der Waals surface area contributed by atoms with Crippen molar-refractivity contribution in [2.75, 3.05) is 16.4 Å². The first kappa shape index (κ1) is 21.0. The quantitative estimate of drug-likeness (QED) is 0.619. The summed E-state index contributed by atoms with van der Waals surface area (Å²) in [6.07, 6.45) is -10.1. The summed E-state index contributed by atoms with van der Waals surface area (Å²) in [5.74, 6) is -1.47. The van der Waals surface area contributed by atoms with Crippen LogP contribution in [0.15, 0.2) is 23.2 Å². The average Bonchev–Trinajstić information content (AvgIpc) is 2.95. The van der Waals surface area contributed by atoms with Crippen molar-refractivity contribution >= 4 is 38.4 Å². The van der Waals surface area contributed by atoms with Gasteiger partial charge in [-0.1, -0.05) is 11.8 Å². The normalized spacial score (nSPS) is 26.0. The highest BCUT2D eigenvalue weighted by Crippen LogP contribution is 2.44. The van der Waals surface area contributed by atoms with Crippen molar-refractivity contribution in [3.05, 3.63) is 29.3 Å². The van der Waals surface area contributed by atoms with Gasteiger partial charge in [0.15, 0.2) is 15.0 Å².